The van der Waals surface area contributed by atoms with Crippen LogP contribution in [0.3, 0.4) is 0 Å². The summed E-state index contributed by atoms with van der Waals surface area (Å²) in [6.07, 6.45) is 3.85. The highest BCUT2D eigenvalue weighted by atomic mass is 35.5. The van der Waals surface area contributed by atoms with E-state index in [4.69, 9.17) is 23.2 Å². The molecule has 0 spiro atoms. The fraction of sp³-hybridized carbons (Fsp3) is 0.300. The number of benzene rings is 1. The molecule has 0 saturated heterocycles. The fourth-order valence-electron chi connectivity index (χ4n) is 1.83. The molecule has 3 heteroatoms. The van der Waals surface area contributed by atoms with E-state index < -0.39 is 0 Å². The number of fused-ring (bicyclic) bond motifs is 1. The van der Waals surface area contributed by atoms with Crippen LogP contribution in [0.15, 0.2) is 6.07 Å². The monoisotopic (exact) mass is 214 g/mol. The zero-order valence-corrected chi connectivity index (χ0v) is 8.45. The summed E-state index contributed by atoms with van der Waals surface area (Å²) in [4.78, 5) is 10.8. The van der Waals surface area contributed by atoms with Crippen molar-refractivity contribution in [3.05, 3.63) is 32.8 Å². The average molecular weight is 215 g/mol. The van der Waals surface area contributed by atoms with E-state index in [1.807, 2.05) is 6.07 Å². The molecule has 0 atom stereocenters. The lowest BCUT2D eigenvalue weighted by Crippen LogP contribution is -1.93. The second-order valence-corrected chi connectivity index (χ2v) is 3.98. The van der Waals surface area contributed by atoms with E-state index >= 15 is 0 Å². The molecule has 2 rings (SSSR count). The number of aryl methyl sites for hydroxylation is 1. The molecule has 0 saturated carbocycles. The summed E-state index contributed by atoms with van der Waals surface area (Å²) in [7, 11) is 0. The molecule has 0 bridgehead atoms. The van der Waals surface area contributed by atoms with Gasteiger partial charge in [0.15, 0.2) is 6.29 Å². The molecule has 1 nitrogen and oxygen atoms in total. The summed E-state index contributed by atoms with van der Waals surface area (Å²) >= 11 is 11.8. The molecule has 0 aromatic heterocycles. The highest BCUT2D eigenvalue weighted by molar-refractivity contribution is 6.43. The zero-order valence-electron chi connectivity index (χ0n) is 6.94. The fourth-order valence-corrected chi connectivity index (χ4v) is 2.28. The summed E-state index contributed by atoms with van der Waals surface area (Å²) in [5.74, 6) is 0. The second-order valence-electron chi connectivity index (χ2n) is 3.20. The third-order valence-electron chi connectivity index (χ3n) is 2.45. The van der Waals surface area contributed by atoms with Crippen molar-refractivity contribution in [1.29, 1.82) is 0 Å². The first-order chi connectivity index (χ1) is 6.24. The van der Waals surface area contributed by atoms with Crippen LogP contribution in [0.1, 0.15) is 27.9 Å². The molecule has 0 N–H and O–H groups in total. The van der Waals surface area contributed by atoms with Gasteiger partial charge in [-0.25, -0.2) is 0 Å². The van der Waals surface area contributed by atoms with E-state index in [1.54, 1.807) is 0 Å². The van der Waals surface area contributed by atoms with E-state index in [1.165, 1.54) is 5.56 Å². The summed E-state index contributed by atoms with van der Waals surface area (Å²) < 4.78 is 0. The third-order valence-corrected chi connectivity index (χ3v) is 3.25. The van der Waals surface area contributed by atoms with Gasteiger partial charge >= 0.3 is 0 Å². The van der Waals surface area contributed by atoms with Crippen LogP contribution in [0.25, 0.3) is 0 Å². The molecule has 0 radical (unpaired) electrons. The number of halogens is 2. The van der Waals surface area contributed by atoms with Gasteiger partial charge in [0.2, 0.25) is 0 Å². The molecule has 0 amide bonds. The van der Waals surface area contributed by atoms with Crippen LogP contribution in [0.4, 0.5) is 0 Å². The first kappa shape index (κ1) is 9.04. The van der Waals surface area contributed by atoms with Gasteiger partial charge in [0.1, 0.15) is 0 Å². The van der Waals surface area contributed by atoms with E-state index in [0.29, 0.717) is 15.6 Å². The summed E-state index contributed by atoms with van der Waals surface area (Å²) in [6.45, 7) is 0. The summed E-state index contributed by atoms with van der Waals surface area (Å²) in [5, 5.41) is 0.890. The van der Waals surface area contributed by atoms with Crippen LogP contribution in [0, 0.1) is 0 Å². The van der Waals surface area contributed by atoms with Gasteiger partial charge in [0, 0.05) is 5.56 Å². The number of hydrogen-bond donors (Lipinski definition) is 0. The lowest BCUT2D eigenvalue weighted by molar-refractivity contribution is 0.112. The Labute approximate surface area is 86.7 Å². The second kappa shape index (κ2) is 3.32. The Morgan fingerprint density at radius 1 is 1.31 bits per heavy atom. The normalized spacial score (nSPS) is 14.3. The highest BCUT2D eigenvalue weighted by Gasteiger charge is 2.19. The van der Waals surface area contributed by atoms with Crippen LogP contribution < -0.4 is 0 Å². The minimum Gasteiger partial charge on any atom is -0.298 e. The van der Waals surface area contributed by atoms with Crippen LogP contribution in [-0.4, -0.2) is 6.29 Å². The van der Waals surface area contributed by atoms with E-state index in [9.17, 15) is 4.79 Å². The lowest BCUT2D eigenvalue weighted by atomic mass is 10.0. The first-order valence-corrected chi connectivity index (χ1v) is 4.94. The third kappa shape index (κ3) is 1.36. The Morgan fingerprint density at radius 2 is 2.08 bits per heavy atom. The maximum absolute atomic E-state index is 10.8. The van der Waals surface area contributed by atoms with Crippen molar-refractivity contribution in [2.75, 3.05) is 0 Å². The van der Waals surface area contributed by atoms with Crippen LogP contribution >= 0.6 is 23.2 Å². The highest BCUT2D eigenvalue weighted by Crippen LogP contribution is 2.34. The molecule has 68 valence electrons. The van der Waals surface area contributed by atoms with Crippen LogP contribution in [-0.2, 0) is 12.8 Å². The van der Waals surface area contributed by atoms with E-state index in [0.717, 1.165) is 31.1 Å². The Hall–Kier alpha value is -0.530. The quantitative estimate of drug-likeness (QED) is 0.657. The molecule has 0 unspecified atom stereocenters. The number of carbonyl (C=O) groups is 1. The van der Waals surface area contributed by atoms with Gasteiger partial charge in [0.25, 0.3) is 0 Å². The zero-order chi connectivity index (χ0) is 9.42. The van der Waals surface area contributed by atoms with E-state index in [-0.39, 0.29) is 0 Å². The van der Waals surface area contributed by atoms with Crippen molar-refractivity contribution in [2.24, 2.45) is 0 Å². The van der Waals surface area contributed by atoms with Crippen LogP contribution in [0.5, 0.6) is 0 Å². The minimum absolute atomic E-state index is 0.400. The van der Waals surface area contributed by atoms with Gasteiger partial charge < -0.3 is 0 Å². The Kier molecular flexibility index (Phi) is 2.31. The van der Waals surface area contributed by atoms with Gasteiger partial charge in [-0.3, -0.25) is 4.79 Å². The molecule has 0 fully saturated rings. The summed E-state index contributed by atoms with van der Waals surface area (Å²) in [5.41, 5.74) is 2.85. The predicted octanol–water partition coefficient (Wildman–Crippen LogP) is 3.29. The number of rotatable bonds is 1. The van der Waals surface area contributed by atoms with Crippen molar-refractivity contribution in [1.82, 2.24) is 0 Å². The SMILES string of the molecule is O=Cc1c(Cl)c(Cl)cc2c1CCC2. The summed E-state index contributed by atoms with van der Waals surface area (Å²) in [6, 6.07) is 1.87. The van der Waals surface area contributed by atoms with Crippen molar-refractivity contribution in [3.8, 4) is 0 Å². The predicted molar refractivity (Wildman–Crippen MR) is 53.9 cm³/mol. The molecule has 13 heavy (non-hydrogen) atoms. The molecule has 1 aromatic rings. The first-order valence-electron chi connectivity index (χ1n) is 4.19. The molecular formula is C10H8Cl2O. The van der Waals surface area contributed by atoms with Gasteiger partial charge in [-0.05, 0) is 36.5 Å². The maximum Gasteiger partial charge on any atom is 0.151 e. The smallest absolute Gasteiger partial charge is 0.151 e. The van der Waals surface area contributed by atoms with Gasteiger partial charge in [0.05, 0.1) is 10.0 Å². The van der Waals surface area contributed by atoms with Crippen molar-refractivity contribution >= 4 is 29.5 Å². The molecule has 0 heterocycles. The molecular weight excluding hydrogens is 207 g/mol. The van der Waals surface area contributed by atoms with Gasteiger partial charge in [-0.2, -0.15) is 0 Å². The molecule has 0 aliphatic heterocycles. The molecule has 1 aliphatic carbocycles. The number of carbonyl (C=O) groups excluding carboxylic acids is 1. The van der Waals surface area contributed by atoms with Crippen LogP contribution in [0.2, 0.25) is 10.0 Å². The lowest BCUT2D eigenvalue weighted by Gasteiger charge is -2.06. The van der Waals surface area contributed by atoms with Gasteiger partial charge in [-0.1, -0.05) is 23.2 Å². The molecule has 1 aromatic carbocycles. The Morgan fingerprint density at radius 3 is 2.77 bits per heavy atom. The van der Waals surface area contributed by atoms with Gasteiger partial charge in [-0.15, -0.1) is 0 Å². The number of hydrogen-bond acceptors (Lipinski definition) is 1. The topological polar surface area (TPSA) is 17.1 Å². The van der Waals surface area contributed by atoms with Crippen molar-refractivity contribution in [3.63, 3.8) is 0 Å². The Bertz CT molecular complexity index is 372. The Balaban J connectivity index is 2.71. The maximum atomic E-state index is 10.8. The number of aldehydes is 1. The van der Waals surface area contributed by atoms with Crippen molar-refractivity contribution < 1.29 is 4.79 Å². The molecule has 1 aliphatic rings. The average Bonchev–Trinajstić information content (AvgIpc) is 2.54. The minimum atomic E-state index is 0.400. The van der Waals surface area contributed by atoms with E-state index in [2.05, 4.69) is 0 Å². The standard InChI is InChI=1S/C10H8Cl2O/c11-9-4-6-2-1-3-7(6)8(5-13)10(9)12/h4-5H,1-3H2. The largest absolute Gasteiger partial charge is 0.298 e. The van der Waals surface area contributed by atoms with Crippen molar-refractivity contribution in [2.45, 2.75) is 19.3 Å².